The molecule has 194 valence electrons. The summed E-state index contributed by atoms with van der Waals surface area (Å²) in [6, 6.07) is 8.23. The highest BCUT2D eigenvalue weighted by Crippen LogP contribution is 2.39. The number of hydrogen-bond acceptors (Lipinski definition) is 7. The van der Waals surface area contributed by atoms with Crippen molar-refractivity contribution in [3.8, 4) is 17.1 Å². The third kappa shape index (κ3) is 3.92. The minimum Gasteiger partial charge on any atom is -0.458 e. The van der Waals surface area contributed by atoms with Crippen molar-refractivity contribution < 1.29 is 24.2 Å². The highest BCUT2D eigenvalue weighted by molar-refractivity contribution is 6.92. The number of carbonyl (C=O) groups is 2. The largest absolute Gasteiger partial charge is 0.458 e. The number of ether oxygens (including phenoxy) is 2. The molecule has 4 heterocycles. The molecule has 0 fully saturated rings. The molecule has 2 aromatic heterocycles. The van der Waals surface area contributed by atoms with Crippen molar-refractivity contribution in [3.05, 3.63) is 51.3 Å². The minimum absolute atomic E-state index is 0.0955. The first-order valence-corrected chi connectivity index (χ1v) is 15.9. The predicted molar refractivity (Wildman–Crippen MR) is 143 cm³/mol. The molecule has 2 aliphatic rings. The molecule has 0 saturated carbocycles. The Morgan fingerprint density at radius 1 is 1.24 bits per heavy atom. The van der Waals surface area contributed by atoms with E-state index in [1.54, 1.807) is 23.6 Å². The van der Waals surface area contributed by atoms with Crippen molar-refractivity contribution in [1.82, 2.24) is 9.55 Å². The van der Waals surface area contributed by atoms with E-state index in [4.69, 9.17) is 14.5 Å². The van der Waals surface area contributed by atoms with Gasteiger partial charge in [-0.05, 0) is 47.4 Å². The van der Waals surface area contributed by atoms with Crippen LogP contribution in [0.5, 0.6) is 5.75 Å². The van der Waals surface area contributed by atoms with Gasteiger partial charge in [-0.3, -0.25) is 9.59 Å². The predicted octanol–water partition coefficient (Wildman–Crippen LogP) is 3.58. The normalized spacial score (nSPS) is 18.4. The molecule has 5 rings (SSSR count). The van der Waals surface area contributed by atoms with Gasteiger partial charge in [-0.1, -0.05) is 39.9 Å². The van der Waals surface area contributed by atoms with Crippen LogP contribution in [-0.4, -0.2) is 34.7 Å². The Labute approximate surface area is 216 Å². The first kappa shape index (κ1) is 25.4. The van der Waals surface area contributed by atoms with Crippen molar-refractivity contribution >= 4 is 36.1 Å². The zero-order valence-corrected chi connectivity index (χ0v) is 23.1. The topological polar surface area (TPSA) is 108 Å². The van der Waals surface area contributed by atoms with Crippen LogP contribution in [0.2, 0.25) is 19.1 Å². The van der Waals surface area contributed by atoms with Crippen LogP contribution in [0, 0.1) is 5.92 Å². The second kappa shape index (κ2) is 8.63. The summed E-state index contributed by atoms with van der Waals surface area (Å²) >= 11 is 0. The number of cyclic esters (lactones) is 1. The average molecular weight is 521 g/mol. The number of pyridine rings is 2. The van der Waals surface area contributed by atoms with Crippen molar-refractivity contribution in [3.63, 3.8) is 0 Å². The minimum atomic E-state index is -2.08. The molecule has 8 nitrogen and oxygen atoms in total. The molecule has 0 unspecified atom stereocenters. The standard InChI is InChI=1S/C28H32N2O6Si/c1-7-28(34)21-11-23-24-19(12-30(23)26(32)20(21)13-35-27(28)33)25(37(5,6)14-15(2)3)18-10-17(36-16(4)31)8-9-22(18)29-24/h8-11,15,34H,7,12-14H2,1-6H3/t28-/m0/s1. The Hall–Kier alpha value is -3.30. The lowest BCUT2D eigenvalue weighted by Gasteiger charge is -2.31. The number of benzene rings is 1. The van der Waals surface area contributed by atoms with Crippen molar-refractivity contribution in [2.24, 2.45) is 5.92 Å². The molecule has 0 aliphatic carbocycles. The highest BCUT2D eigenvalue weighted by atomic mass is 28.3. The number of carbonyl (C=O) groups excluding carboxylic acids is 2. The fourth-order valence-corrected chi connectivity index (χ4v) is 10.4. The van der Waals surface area contributed by atoms with E-state index in [0.717, 1.165) is 22.5 Å². The smallest absolute Gasteiger partial charge is 0.343 e. The van der Waals surface area contributed by atoms with E-state index in [-0.39, 0.29) is 18.6 Å². The summed E-state index contributed by atoms with van der Waals surface area (Å²) in [6.45, 7) is 12.3. The van der Waals surface area contributed by atoms with E-state index in [1.807, 2.05) is 12.1 Å². The van der Waals surface area contributed by atoms with E-state index >= 15 is 0 Å². The number of hydrogen-bond donors (Lipinski definition) is 1. The highest BCUT2D eigenvalue weighted by Gasteiger charge is 2.46. The van der Waals surface area contributed by atoms with Crippen LogP contribution < -0.4 is 15.5 Å². The van der Waals surface area contributed by atoms with Crippen molar-refractivity contribution in [2.75, 3.05) is 0 Å². The zero-order valence-electron chi connectivity index (χ0n) is 22.1. The van der Waals surface area contributed by atoms with Crippen molar-refractivity contribution in [1.29, 1.82) is 0 Å². The molecular weight excluding hydrogens is 488 g/mol. The molecular formula is C28H32N2O6Si. The second-order valence-electron chi connectivity index (χ2n) is 11.2. The fourth-order valence-electron chi connectivity index (χ4n) is 6.18. The van der Waals surface area contributed by atoms with E-state index in [9.17, 15) is 19.5 Å². The van der Waals surface area contributed by atoms with Gasteiger partial charge >= 0.3 is 11.9 Å². The molecule has 0 bridgehead atoms. The summed E-state index contributed by atoms with van der Waals surface area (Å²) in [5.41, 5.74) is 1.50. The first-order chi connectivity index (χ1) is 17.4. The Kier molecular flexibility index (Phi) is 5.91. The number of nitrogens with zero attached hydrogens (tertiary/aromatic N) is 2. The van der Waals surface area contributed by atoms with E-state index in [0.29, 0.717) is 40.7 Å². The maximum absolute atomic E-state index is 13.7. The molecule has 9 heteroatoms. The average Bonchev–Trinajstić information content (AvgIpc) is 3.17. The number of aliphatic hydroxyl groups is 1. The lowest BCUT2D eigenvalue weighted by atomic mass is 9.86. The quantitative estimate of drug-likeness (QED) is 0.243. The summed E-state index contributed by atoms with van der Waals surface area (Å²) in [4.78, 5) is 42.8. The molecule has 0 radical (unpaired) electrons. The number of rotatable bonds is 5. The van der Waals surface area contributed by atoms with Crippen LogP contribution in [0.1, 0.15) is 50.8 Å². The third-order valence-corrected chi connectivity index (χ3v) is 11.3. The van der Waals surface area contributed by atoms with Crippen LogP contribution >= 0.6 is 0 Å². The number of fused-ring (bicyclic) bond motifs is 5. The third-order valence-electron chi connectivity index (χ3n) is 7.52. The van der Waals surface area contributed by atoms with Gasteiger partial charge in [0, 0.05) is 17.9 Å². The molecule has 0 saturated heterocycles. The SMILES string of the molecule is CC[C@@]1(O)C(=O)OCc2c1cc1n(c2=O)Cc2c-1nc1ccc(OC(C)=O)cc1c2[Si](C)(C)CC(C)C. The van der Waals surface area contributed by atoms with Gasteiger partial charge in [-0.2, -0.15) is 0 Å². The lowest BCUT2D eigenvalue weighted by Crippen LogP contribution is -2.45. The Morgan fingerprint density at radius 2 is 1.97 bits per heavy atom. The molecule has 1 atom stereocenters. The van der Waals surface area contributed by atoms with Gasteiger partial charge in [0.05, 0.1) is 37.1 Å². The molecule has 0 amide bonds. The van der Waals surface area contributed by atoms with Gasteiger partial charge < -0.3 is 19.1 Å². The van der Waals surface area contributed by atoms with Gasteiger partial charge in [0.15, 0.2) is 5.60 Å². The maximum Gasteiger partial charge on any atom is 0.343 e. The molecule has 2 aliphatic heterocycles. The molecule has 37 heavy (non-hydrogen) atoms. The Bertz CT molecular complexity index is 1540. The summed E-state index contributed by atoms with van der Waals surface area (Å²) in [6.07, 6.45) is 0.0955. The Balaban J connectivity index is 1.82. The Morgan fingerprint density at radius 3 is 2.62 bits per heavy atom. The molecule has 0 spiro atoms. The molecule has 3 aromatic rings. The van der Waals surface area contributed by atoms with Crippen LogP contribution in [-0.2, 0) is 33.1 Å². The van der Waals surface area contributed by atoms with Crippen molar-refractivity contribution in [2.45, 2.75) is 72.0 Å². The molecule has 1 N–H and O–H groups in total. The summed E-state index contributed by atoms with van der Waals surface area (Å²) in [5.74, 6) is -0.193. The van der Waals surface area contributed by atoms with Crippen LogP contribution in [0.25, 0.3) is 22.3 Å². The van der Waals surface area contributed by atoms with E-state index < -0.39 is 25.6 Å². The zero-order chi connectivity index (χ0) is 26.9. The molecule has 1 aromatic carbocycles. The van der Waals surface area contributed by atoms with Crippen LogP contribution in [0.15, 0.2) is 29.1 Å². The second-order valence-corrected chi connectivity index (χ2v) is 15.8. The number of aromatic nitrogens is 2. The van der Waals surface area contributed by atoms with Crippen LogP contribution in [0.3, 0.4) is 0 Å². The number of esters is 2. The first-order valence-electron chi connectivity index (χ1n) is 12.7. The van der Waals surface area contributed by atoms with Gasteiger partial charge in [0.2, 0.25) is 0 Å². The summed E-state index contributed by atoms with van der Waals surface area (Å²) < 4.78 is 12.3. The van der Waals surface area contributed by atoms with Crippen LogP contribution in [0.4, 0.5) is 0 Å². The summed E-state index contributed by atoms with van der Waals surface area (Å²) in [7, 11) is -2.08. The maximum atomic E-state index is 13.7. The van der Waals surface area contributed by atoms with E-state index in [2.05, 4.69) is 26.9 Å². The fraction of sp³-hybridized carbons (Fsp3) is 0.429. The van der Waals surface area contributed by atoms with Gasteiger partial charge in [0.25, 0.3) is 5.56 Å². The van der Waals surface area contributed by atoms with Gasteiger partial charge in [-0.25, -0.2) is 9.78 Å². The van der Waals surface area contributed by atoms with E-state index in [1.165, 1.54) is 12.1 Å². The lowest BCUT2D eigenvalue weighted by molar-refractivity contribution is -0.172. The summed E-state index contributed by atoms with van der Waals surface area (Å²) in [5, 5.41) is 13.3. The van der Waals surface area contributed by atoms with Gasteiger partial charge in [-0.15, -0.1) is 0 Å². The van der Waals surface area contributed by atoms with Gasteiger partial charge in [0.1, 0.15) is 12.4 Å². The monoisotopic (exact) mass is 520 g/mol.